The van der Waals surface area contributed by atoms with Crippen molar-refractivity contribution in [2.24, 2.45) is 5.92 Å². The van der Waals surface area contributed by atoms with Gasteiger partial charge < -0.3 is 19.3 Å². The molecule has 2 amide bonds. The summed E-state index contributed by atoms with van der Waals surface area (Å²) < 4.78 is 11.5. The van der Waals surface area contributed by atoms with Gasteiger partial charge in [0, 0.05) is 19.4 Å². The van der Waals surface area contributed by atoms with Crippen molar-refractivity contribution in [1.82, 2.24) is 9.80 Å². The fourth-order valence-corrected chi connectivity index (χ4v) is 4.89. The minimum atomic E-state index is -0.586. The molecule has 0 aliphatic carbocycles. The number of carbonyl (C=O) groups is 2. The number of likely N-dealkylation sites (tertiary alicyclic amines) is 1. The summed E-state index contributed by atoms with van der Waals surface area (Å²) in [6, 6.07) is 7.79. The Kier molecular flexibility index (Phi) is 4.62. The Balaban J connectivity index is 1.45. The summed E-state index contributed by atoms with van der Waals surface area (Å²) in [5.74, 6) is 1.38. The van der Waals surface area contributed by atoms with Crippen molar-refractivity contribution in [3.05, 3.63) is 29.8 Å². The maximum atomic E-state index is 12.9. The van der Waals surface area contributed by atoms with E-state index in [4.69, 9.17) is 9.47 Å². The maximum Gasteiger partial charge on any atom is 0.227 e. The van der Waals surface area contributed by atoms with Crippen LogP contribution in [-0.4, -0.2) is 59.7 Å². The first-order valence-corrected chi connectivity index (χ1v) is 9.85. The summed E-state index contributed by atoms with van der Waals surface area (Å²) in [5.41, 5.74) is 0.496. The average molecular weight is 372 g/mol. The van der Waals surface area contributed by atoms with Crippen molar-refractivity contribution in [3.8, 4) is 5.75 Å². The van der Waals surface area contributed by atoms with E-state index in [1.54, 1.807) is 7.11 Å². The Morgan fingerprint density at radius 1 is 1.41 bits per heavy atom. The van der Waals surface area contributed by atoms with E-state index in [-0.39, 0.29) is 23.9 Å². The minimum Gasteiger partial charge on any atom is -0.497 e. The first-order chi connectivity index (χ1) is 13.0. The van der Waals surface area contributed by atoms with Crippen molar-refractivity contribution in [1.29, 1.82) is 0 Å². The number of aryl methyl sites for hydroxylation is 1. The molecule has 0 aromatic heterocycles. The number of benzene rings is 1. The smallest absolute Gasteiger partial charge is 0.227 e. The zero-order valence-corrected chi connectivity index (χ0v) is 16.3. The van der Waals surface area contributed by atoms with Crippen LogP contribution < -0.4 is 4.74 Å². The Hall–Kier alpha value is -2.08. The standard InChI is InChI=1S/C21H28N2O4/c1-14(2)17-13-27-21-9-10-22(18(21)12-20(25)23(17)21)19(24)8-7-15-5-4-6-16(11-15)26-3/h4-6,11,14,17-18H,7-10,12-13H2,1-3H3/t17-,18+,21-/m0/s1. The molecule has 146 valence electrons. The Morgan fingerprint density at radius 3 is 2.96 bits per heavy atom. The van der Waals surface area contributed by atoms with E-state index >= 15 is 0 Å². The third kappa shape index (κ3) is 2.90. The number of hydrogen-bond donors (Lipinski definition) is 0. The molecule has 0 bridgehead atoms. The minimum absolute atomic E-state index is 0.103. The Bertz CT molecular complexity index is 749. The molecule has 0 N–H and O–H groups in total. The van der Waals surface area contributed by atoms with Gasteiger partial charge in [0.05, 0.1) is 32.2 Å². The van der Waals surface area contributed by atoms with Gasteiger partial charge in [0.2, 0.25) is 11.8 Å². The van der Waals surface area contributed by atoms with E-state index in [1.165, 1.54) is 0 Å². The highest BCUT2D eigenvalue weighted by Crippen LogP contribution is 2.48. The van der Waals surface area contributed by atoms with Crippen molar-refractivity contribution in [2.75, 3.05) is 20.3 Å². The highest BCUT2D eigenvalue weighted by atomic mass is 16.5. The number of methoxy groups -OCH3 is 1. The number of amides is 2. The van der Waals surface area contributed by atoms with Crippen molar-refractivity contribution >= 4 is 11.8 Å². The number of carbonyl (C=O) groups excluding carboxylic acids is 2. The second-order valence-corrected chi connectivity index (χ2v) is 8.14. The predicted octanol–water partition coefficient (Wildman–Crippen LogP) is 2.21. The molecule has 0 saturated carbocycles. The van der Waals surface area contributed by atoms with Crippen LogP contribution in [0.5, 0.6) is 5.75 Å². The van der Waals surface area contributed by atoms with Crippen LogP contribution in [0.1, 0.15) is 38.7 Å². The van der Waals surface area contributed by atoms with Crippen LogP contribution in [0.3, 0.4) is 0 Å². The molecule has 1 spiro atoms. The van der Waals surface area contributed by atoms with Gasteiger partial charge in [-0.1, -0.05) is 26.0 Å². The Labute approximate surface area is 160 Å². The highest BCUT2D eigenvalue weighted by Gasteiger charge is 2.65. The lowest BCUT2D eigenvalue weighted by molar-refractivity contribution is -0.141. The van der Waals surface area contributed by atoms with E-state index in [0.717, 1.165) is 17.7 Å². The summed E-state index contributed by atoms with van der Waals surface area (Å²) in [4.78, 5) is 29.5. The molecular formula is C21H28N2O4. The molecule has 1 aromatic rings. The number of hydrogen-bond acceptors (Lipinski definition) is 4. The van der Waals surface area contributed by atoms with Gasteiger partial charge in [-0.3, -0.25) is 9.59 Å². The summed E-state index contributed by atoms with van der Waals surface area (Å²) in [7, 11) is 1.64. The van der Waals surface area contributed by atoms with Crippen LogP contribution >= 0.6 is 0 Å². The lowest BCUT2D eigenvalue weighted by Crippen LogP contribution is -2.51. The van der Waals surface area contributed by atoms with Crippen LogP contribution in [0.2, 0.25) is 0 Å². The zero-order valence-electron chi connectivity index (χ0n) is 16.3. The van der Waals surface area contributed by atoms with Crippen LogP contribution in [0.4, 0.5) is 0 Å². The average Bonchev–Trinajstić information content (AvgIpc) is 3.29. The lowest BCUT2D eigenvalue weighted by atomic mass is 10.0. The van der Waals surface area contributed by atoms with Crippen LogP contribution in [0.25, 0.3) is 0 Å². The fraction of sp³-hybridized carbons (Fsp3) is 0.619. The predicted molar refractivity (Wildman–Crippen MR) is 100 cm³/mol. The first kappa shape index (κ1) is 18.3. The van der Waals surface area contributed by atoms with Crippen molar-refractivity contribution < 1.29 is 19.1 Å². The van der Waals surface area contributed by atoms with Gasteiger partial charge in [-0.05, 0) is 30.0 Å². The van der Waals surface area contributed by atoms with Crippen LogP contribution in [0.15, 0.2) is 24.3 Å². The van der Waals surface area contributed by atoms with E-state index in [0.29, 0.717) is 38.3 Å². The van der Waals surface area contributed by atoms with Gasteiger partial charge in [-0.15, -0.1) is 0 Å². The number of nitrogens with zero attached hydrogens (tertiary/aromatic N) is 2. The first-order valence-electron chi connectivity index (χ1n) is 9.85. The van der Waals surface area contributed by atoms with E-state index < -0.39 is 5.72 Å². The van der Waals surface area contributed by atoms with E-state index in [2.05, 4.69) is 13.8 Å². The van der Waals surface area contributed by atoms with Crippen molar-refractivity contribution in [3.63, 3.8) is 0 Å². The van der Waals surface area contributed by atoms with Crippen LogP contribution in [-0.2, 0) is 20.7 Å². The quantitative estimate of drug-likeness (QED) is 0.795. The third-order valence-corrected chi connectivity index (χ3v) is 6.34. The van der Waals surface area contributed by atoms with Gasteiger partial charge in [0.1, 0.15) is 5.75 Å². The summed E-state index contributed by atoms with van der Waals surface area (Å²) >= 11 is 0. The van der Waals surface area contributed by atoms with Gasteiger partial charge in [0.25, 0.3) is 0 Å². The Morgan fingerprint density at radius 2 is 2.22 bits per heavy atom. The van der Waals surface area contributed by atoms with Gasteiger partial charge in [-0.25, -0.2) is 0 Å². The zero-order chi connectivity index (χ0) is 19.2. The summed E-state index contributed by atoms with van der Waals surface area (Å²) in [5, 5.41) is 0. The van der Waals surface area contributed by atoms with Crippen LogP contribution in [0, 0.1) is 5.92 Å². The summed E-state index contributed by atoms with van der Waals surface area (Å²) in [6.45, 7) is 5.49. The lowest BCUT2D eigenvalue weighted by Gasteiger charge is -2.34. The normalized spacial score (nSPS) is 29.4. The second kappa shape index (κ2) is 6.82. The maximum absolute atomic E-state index is 12.9. The fourth-order valence-electron chi connectivity index (χ4n) is 4.89. The molecule has 3 heterocycles. The molecule has 4 rings (SSSR count). The molecule has 1 aromatic carbocycles. The molecule has 3 aliphatic heterocycles. The van der Waals surface area contributed by atoms with Gasteiger partial charge >= 0.3 is 0 Å². The van der Waals surface area contributed by atoms with Gasteiger partial charge in [0.15, 0.2) is 5.72 Å². The summed E-state index contributed by atoms with van der Waals surface area (Å²) in [6.07, 6.45) is 2.20. The monoisotopic (exact) mass is 372 g/mol. The molecule has 0 radical (unpaired) electrons. The molecule has 6 nitrogen and oxygen atoms in total. The van der Waals surface area contributed by atoms with E-state index in [1.807, 2.05) is 34.1 Å². The SMILES string of the molecule is COc1cccc(CCC(=O)N2CC[C@@]34OC[C@@H](C(C)C)N3C(=O)C[C@@H]24)c1. The topological polar surface area (TPSA) is 59.1 Å². The molecular weight excluding hydrogens is 344 g/mol. The second-order valence-electron chi connectivity index (χ2n) is 8.14. The van der Waals surface area contributed by atoms with Gasteiger partial charge in [-0.2, -0.15) is 0 Å². The number of ether oxygens (including phenoxy) is 2. The molecule has 3 atom stereocenters. The molecule has 0 unspecified atom stereocenters. The largest absolute Gasteiger partial charge is 0.497 e. The van der Waals surface area contributed by atoms with E-state index in [9.17, 15) is 9.59 Å². The molecule has 27 heavy (non-hydrogen) atoms. The number of rotatable bonds is 5. The van der Waals surface area contributed by atoms with Crippen molar-refractivity contribution in [2.45, 2.75) is 57.3 Å². The molecule has 3 saturated heterocycles. The molecule has 6 heteroatoms. The molecule has 3 fully saturated rings. The highest BCUT2D eigenvalue weighted by molar-refractivity contribution is 5.85. The third-order valence-electron chi connectivity index (χ3n) is 6.34. The molecule has 3 aliphatic rings.